The van der Waals surface area contributed by atoms with E-state index in [-0.39, 0.29) is 22.1 Å². The van der Waals surface area contributed by atoms with Crippen LogP contribution < -0.4 is 10.6 Å². The van der Waals surface area contributed by atoms with Crippen molar-refractivity contribution < 1.29 is 9.59 Å². The molecule has 4 rings (SSSR count). The van der Waals surface area contributed by atoms with E-state index in [0.29, 0.717) is 27.8 Å². The Morgan fingerprint density at radius 1 is 1.00 bits per heavy atom. The molecule has 9 heteroatoms. The van der Waals surface area contributed by atoms with Gasteiger partial charge in [-0.25, -0.2) is 4.98 Å². The van der Waals surface area contributed by atoms with Crippen LogP contribution in [0.4, 0.5) is 10.8 Å². The van der Waals surface area contributed by atoms with Crippen molar-refractivity contribution in [2.75, 3.05) is 10.6 Å². The van der Waals surface area contributed by atoms with Gasteiger partial charge < -0.3 is 10.6 Å². The van der Waals surface area contributed by atoms with Gasteiger partial charge in [-0.15, -0.1) is 23.1 Å². The first-order chi connectivity index (χ1) is 16.9. The number of hydrogen-bond acceptors (Lipinski definition) is 5. The number of nitrogens with zero attached hydrogens (tertiary/aromatic N) is 1. The summed E-state index contributed by atoms with van der Waals surface area (Å²) in [6, 6.07) is 21.9. The number of amides is 2. The molecular weight excluding hydrogens is 521 g/mol. The van der Waals surface area contributed by atoms with Crippen LogP contribution >= 0.6 is 46.3 Å². The number of anilines is 2. The second-order valence-electron chi connectivity index (χ2n) is 7.51. The van der Waals surface area contributed by atoms with Gasteiger partial charge in [0, 0.05) is 26.5 Å². The molecule has 0 saturated carbocycles. The largest absolute Gasteiger partial charge is 0.322 e. The molecule has 1 aromatic heterocycles. The van der Waals surface area contributed by atoms with E-state index in [1.807, 2.05) is 60.8 Å². The fraction of sp³-hybridized carbons (Fsp3) is 0.115. The number of aromatic nitrogens is 1. The molecular formula is C26H21Cl2N3O2S2. The minimum Gasteiger partial charge on any atom is -0.322 e. The van der Waals surface area contributed by atoms with Gasteiger partial charge in [0.1, 0.15) is 0 Å². The maximum Gasteiger partial charge on any atom is 0.257 e. The Hall–Kier alpha value is -2.84. The van der Waals surface area contributed by atoms with E-state index in [0.717, 1.165) is 16.2 Å². The quantitative estimate of drug-likeness (QED) is 0.222. The Morgan fingerprint density at radius 2 is 1.80 bits per heavy atom. The summed E-state index contributed by atoms with van der Waals surface area (Å²) >= 11 is 14.9. The van der Waals surface area contributed by atoms with Gasteiger partial charge in [0.05, 0.1) is 21.5 Å². The normalized spacial score (nSPS) is 11.6. The van der Waals surface area contributed by atoms with Crippen molar-refractivity contribution in [1.82, 2.24) is 4.98 Å². The Morgan fingerprint density at radius 3 is 2.54 bits per heavy atom. The van der Waals surface area contributed by atoms with E-state index in [9.17, 15) is 9.59 Å². The molecule has 0 aliphatic rings. The Kier molecular flexibility index (Phi) is 8.46. The van der Waals surface area contributed by atoms with Gasteiger partial charge in [-0.05, 0) is 42.8 Å². The zero-order chi connectivity index (χ0) is 24.8. The summed E-state index contributed by atoms with van der Waals surface area (Å²) in [6.45, 7) is 1.96. The first-order valence-corrected chi connectivity index (χ1v) is 13.3. The lowest BCUT2D eigenvalue weighted by Gasteiger charge is -2.14. The van der Waals surface area contributed by atoms with Crippen molar-refractivity contribution in [3.63, 3.8) is 0 Å². The van der Waals surface area contributed by atoms with E-state index in [4.69, 9.17) is 23.2 Å². The second kappa shape index (κ2) is 11.7. The van der Waals surface area contributed by atoms with Gasteiger partial charge in [-0.2, -0.15) is 0 Å². The van der Waals surface area contributed by atoms with Crippen molar-refractivity contribution in [3.8, 4) is 11.3 Å². The lowest BCUT2D eigenvalue weighted by Crippen LogP contribution is -2.24. The smallest absolute Gasteiger partial charge is 0.257 e. The Bertz CT molecular complexity index is 1350. The van der Waals surface area contributed by atoms with Crippen molar-refractivity contribution in [3.05, 3.63) is 93.8 Å². The fourth-order valence-electron chi connectivity index (χ4n) is 3.26. The van der Waals surface area contributed by atoms with Crippen LogP contribution in [-0.4, -0.2) is 22.0 Å². The minimum absolute atomic E-state index is 0.117. The van der Waals surface area contributed by atoms with Gasteiger partial charge >= 0.3 is 0 Å². The molecule has 1 atom stereocenters. The summed E-state index contributed by atoms with van der Waals surface area (Å²) < 4.78 is 0. The molecule has 0 aliphatic carbocycles. The standard InChI is InChI=1S/C26H21Cl2N3O2S2/c1-2-23(25(33)31-26-30-22(15-34-26)16-7-4-3-5-8-16)35-19-10-6-9-18(14-19)29-24(32)20-12-11-17(27)13-21(20)28/h3-15,23H,2H2,1H3,(H,29,32)(H,30,31,33). The first-order valence-electron chi connectivity index (χ1n) is 10.8. The van der Waals surface area contributed by atoms with E-state index in [1.165, 1.54) is 29.2 Å². The van der Waals surface area contributed by atoms with Crippen molar-refractivity contribution in [2.24, 2.45) is 0 Å². The van der Waals surface area contributed by atoms with Crippen LogP contribution in [0, 0.1) is 0 Å². The molecule has 0 radical (unpaired) electrons. The maximum absolute atomic E-state index is 12.9. The molecule has 2 N–H and O–H groups in total. The number of thiazole rings is 1. The topological polar surface area (TPSA) is 71.1 Å². The zero-order valence-corrected chi connectivity index (χ0v) is 21.8. The van der Waals surface area contributed by atoms with Crippen LogP contribution in [0.1, 0.15) is 23.7 Å². The maximum atomic E-state index is 12.9. The summed E-state index contributed by atoms with van der Waals surface area (Å²) in [5.41, 5.74) is 2.77. The van der Waals surface area contributed by atoms with Gasteiger partial charge in [-0.3, -0.25) is 9.59 Å². The highest BCUT2D eigenvalue weighted by Gasteiger charge is 2.20. The van der Waals surface area contributed by atoms with Crippen LogP contribution in [0.3, 0.4) is 0 Å². The summed E-state index contributed by atoms with van der Waals surface area (Å²) in [6.07, 6.45) is 0.629. The van der Waals surface area contributed by atoms with E-state index >= 15 is 0 Å². The number of carbonyl (C=O) groups is 2. The fourth-order valence-corrected chi connectivity index (χ4v) is 5.49. The van der Waals surface area contributed by atoms with Crippen LogP contribution in [-0.2, 0) is 4.79 Å². The number of carbonyl (C=O) groups excluding carboxylic acids is 2. The third-order valence-electron chi connectivity index (χ3n) is 5.01. The second-order valence-corrected chi connectivity index (χ2v) is 10.5. The summed E-state index contributed by atoms with van der Waals surface area (Å²) in [4.78, 5) is 31.0. The van der Waals surface area contributed by atoms with Gasteiger partial charge in [0.15, 0.2) is 5.13 Å². The molecule has 0 bridgehead atoms. The van der Waals surface area contributed by atoms with Crippen LogP contribution in [0.5, 0.6) is 0 Å². The van der Waals surface area contributed by atoms with Gasteiger partial charge in [-0.1, -0.05) is 66.5 Å². The highest BCUT2D eigenvalue weighted by atomic mass is 35.5. The molecule has 3 aromatic carbocycles. The van der Waals surface area contributed by atoms with E-state index < -0.39 is 0 Å². The highest BCUT2D eigenvalue weighted by Crippen LogP contribution is 2.30. The summed E-state index contributed by atoms with van der Waals surface area (Å²) in [5.74, 6) is -0.453. The highest BCUT2D eigenvalue weighted by molar-refractivity contribution is 8.00. The molecule has 178 valence electrons. The Balaban J connectivity index is 1.40. The van der Waals surface area contributed by atoms with Crippen molar-refractivity contribution in [2.45, 2.75) is 23.5 Å². The molecule has 0 saturated heterocycles. The molecule has 1 unspecified atom stereocenters. The SMILES string of the molecule is CCC(Sc1cccc(NC(=O)c2ccc(Cl)cc2Cl)c1)C(=O)Nc1nc(-c2ccccc2)cs1. The third kappa shape index (κ3) is 6.64. The van der Waals surface area contributed by atoms with Crippen LogP contribution in [0.25, 0.3) is 11.3 Å². The molecule has 1 heterocycles. The molecule has 2 amide bonds. The zero-order valence-electron chi connectivity index (χ0n) is 18.6. The number of thioether (sulfide) groups is 1. The number of rotatable bonds is 8. The van der Waals surface area contributed by atoms with E-state index in [2.05, 4.69) is 15.6 Å². The third-order valence-corrected chi connectivity index (χ3v) is 7.68. The number of hydrogen-bond donors (Lipinski definition) is 2. The van der Waals surface area contributed by atoms with Crippen LogP contribution in [0.15, 0.2) is 83.1 Å². The monoisotopic (exact) mass is 541 g/mol. The predicted octanol–water partition coefficient (Wildman–Crippen LogP) is 7.88. The number of halogens is 2. The average molecular weight is 543 g/mol. The molecule has 4 aromatic rings. The molecule has 35 heavy (non-hydrogen) atoms. The molecule has 0 spiro atoms. The van der Waals surface area contributed by atoms with Gasteiger partial charge in [0.25, 0.3) is 5.91 Å². The summed E-state index contributed by atoms with van der Waals surface area (Å²) in [7, 11) is 0. The van der Waals surface area contributed by atoms with Crippen LogP contribution in [0.2, 0.25) is 10.0 Å². The van der Waals surface area contributed by atoms with Crippen molar-refractivity contribution in [1.29, 1.82) is 0 Å². The molecule has 5 nitrogen and oxygen atoms in total. The number of benzene rings is 3. The lowest BCUT2D eigenvalue weighted by molar-refractivity contribution is -0.115. The summed E-state index contributed by atoms with van der Waals surface area (Å²) in [5, 5.41) is 8.69. The predicted molar refractivity (Wildman–Crippen MR) is 147 cm³/mol. The number of nitrogens with one attached hydrogen (secondary N) is 2. The molecule has 0 fully saturated rings. The molecule has 0 aliphatic heterocycles. The Labute approximate surface area is 221 Å². The lowest BCUT2D eigenvalue weighted by atomic mass is 10.2. The van der Waals surface area contributed by atoms with E-state index in [1.54, 1.807) is 18.2 Å². The van der Waals surface area contributed by atoms with Crippen molar-refractivity contribution >= 4 is 68.9 Å². The minimum atomic E-state index is -0.336. The van der Waals surface area contributed by atoms with Gasteiger partial charge in [0.2, 0.25) is 5.91 Å². The average Bonchev–Trinajstić information content (AvgIpc) is 3.31. The first kappa shape index (κ1) is 25.3.